The van der Waals surface area contributed by atoms with E-state index in [1.165, 1.54) is 6.07 Å². The molecule has 3 rings (SSSR count). The fraction of sp³-hybridized carbons (Fsp3) is 0.533. The van der Waals surface area contributed by atoms with E-state index in [4.69, 9.17) is 9.47 Å². The van der Waals surface area contributed by atoms with E-state index in [-0.39, 0.29) is 6.61 Å². The van der Waals surface area contributed by atoms with Crippen LogP contribution in [-0.2, 0) is 9.47 Å². The highest BCUT2D eigenvalue weighted by molar-refractivity contribution is 9.10. The zero-order valence-electron chi connectivity index (χ0n) is 11.8. The highest BCUT2D eigenvalue weighted by Crippen LogP contribution is 2.36. The summed E-state index contributed by atoms with van der Waals surface area (Å²) in [6, 6.07) is 2.92. The van der Waals surface area contributed by atoms with Crippen molar-refractivity contribution in [2.45, 2.75) is 6.92 Å². The largest absolute Gasteiger partial charge is 0.462 e. The zero-order chi connectivity index (χ0) is 15.0. The SMILES string of the molecule is CCOC(=O)c1cc(F)c(Br)cc1N1CC2COCC2C1. The number of halogens is 2. The third kappa shape index (κ3) is 2.79. The van der Waals surface area contributed by atoms with Crippen LogP contribution in [0.2, 0.25) is 0 Å². The second-order valence-corrected chi connectivity index (χ2v) is 6.32. The lowest BCUT2D eigenvalue weighted by molar-refractivity contribution is 0.0526. The molecule has 0 bridgehead atoms. The fourth-order valence-electron chi connectivity index (χ4n) is 3.05. The molecule has 2 heterocycles. The van der Waals surface area contributed by atoms with Gasteiger partial charge in [-0.15, -0.1) is 0 Å². The van der Waals surface area contributed by atoms with E-state index in [9.17, 15) is 9.18 Å². The van der Waals surface area contributed by atoms with Gasteiger partial charge in [-0.25, -0.2) is 9.18 Å². The Morgan fingerprint density at radius 1 is 1.43 bits per heavy atom. The van der Waals surface area contributed by atoms with Gasteiger partial charge < -0.3 is 14.4 Å². The standard InChI is InChI=1S/C15H17BrFNO3/c1-2-21-15(19)11-3-13(17)12(16)4-14(11)18-5-9-7-20-8-10(9)6-18/h3-4,9-10H,2,5-8H2,1H3. The number of esters is 1. The molecule has 0 radical (unpaired) electrons. The molecule has 4 nitrogen and oxygen atoms in total. The quantitative estimate of drug-likeness (QED) is 0.779. The second-order valence-electron chi connectivity index (χ2n) is 5.47. The summed E-state index contributed by atoms with van der Waals surface area (Å²) in [6.07, 6.45) is 0. The topological polar surface area (TPSA) is 38.8 Å². The molecule has 1 aromatic carbocycles. The van der Waals surface area contributed by atoms with Crippen LogP contribution in [0.5, 0.6) is 0 Å². The Bertz CT molecular complexity index is 554. The van der Waals surface area contributed by atoms with Crippen LogP contribution in [0, 0.1) is 17.7 Å². The first kappa shape index (κ1) is 14.8. The summed E-state index contributed by atoms with van der Waals surface area (Å²) in [5, 5.41) is 0. The van der Waals surface area contributed by atoms with Gasteiger partial charge in [-0.3, -0.25) is 0 Å². The summed E-state index contributed by atoms with van der Waals surface area (Å²) >= 11 is 3.20. The molecular formula is C15H17BrFNO3. The van der Waals surface area contributed by atoms with Crippen LogP contribution in [-0.4, -0.2) is 38.9 Å². The molecule has 0 saturated carbocycles. The minimum atomic E-state index is -0.479. The Morgan fingerprint density at radius 2 is 2.10 bits per heavy atom. The maximum absolute atomic E-state index is 13.8. The first-order chi connectivity index (χ1) is 10.1. The van der Waals surface area contributed by atoms with Gasteiger partial charge in [0.05, 0.1) is 35.5 Å². The van der Waals surface area contributed by atoms with Crippen molar-refractivity contribution in [3.05, 3.63) is 28.0 Å². The van der Waals surface area contributed by atoms with Gasteiger partial charge in [0.25, 0.3) is 0 Å². The van der Waals surface area contributed by atoms with Gasteiger partial charge in [0.15, 0.2) is 0 Å². The van der Waals surface area contributed by atoms with Gasteiger partial charge in [-0.1, -0.05) is 0 Å². The van der Waals surface area contributed by atoms with Crippen LogP contribution in [0.25, 0.3) is 0 Å². The van der Waals surface area contributed by atoms with Crippen LogP contribution >= 0.6 is 15.9 Å². The third-order valence-corrected chi connectivity index (χ3v) is 4.72. The third-order valence-electron chi connectivity index (χ3n) is 4.11. The molecule has 0 aliphatic carbocycles. The van der Waals surface area contributed by atoms with Gasteiger partial charge in [0, 0.05) is 24.9 Å². The molecule has 2 atom stereocenters. The van der Waals surface area contributed by atoms with E-state index in [0.29, 0.717) is 21.9 Å². The molecule has 0 N–H and O–H groups in total. The zero-order valence-corrected chi connectivity index (χ0v) is 13.4. The smallest absolute Gasteiger partial charge is 0.340 e. The Hall–Kier alpha value is -1.14. The van der Waals surface area contributed by atoms with E-state index < -0.39 is 11.8 Å². The Morgan fingerprint density at radius 3 is 2.71 bits per heavy atom. The molecule has 21 heavy (non-hydrogen) atoms. The average molecular weight is 358 g/mol. The molecule has 0 amide bonds. The molecule has 0 aromatic heterocycles. The van der Waals surface area contributed by atoms with Gasteiger partial charge in [-0.2, -0.15) is 0 Å². The highest BCUT2D eigenvalue weighted by atomic mass is 79.9. The predicted octanol–water partition coefficient (Wildman–Crippen LogP) is 2.85. The summed E-state index contributed by atoms with van der Waals surface area (Å²) < 4.78 is 24.7. The summed E-state index contributed by atoms with van der Waals surface area (Å²) in [5.41, 5.74) is 1.02. The summed E-state index contributed by atoms with van der Waals surface area (Å²) in [6.45, 7) is 5.19. The molecule has 2 aliphatic rings. The number of benzene rings is 1. The predicted molar refractivity (Wildman–Crippen MR) is 80.1 cm³/mol. The van der Waals surface area contributed by atoms with Gasteiger partial charge in [0.1, 0.15) is 5.82 Å². The lowest BCUT2D eigenvalue weighted by Crippen LogP contribution is -2.25. The van der Waals surface area contributed by atoms with Crippen molar-refractivity contribution < 1.29 is 18.7 Å². The van der Waals surface area contributed by atoms with E-state index in [0.717, 1.165) is 32.0 Å². The van der Waals surface area contributed by atoms with Crippen molar-refractivity contribution in [1.29, 1.82) is 0 Å². The van der Waals surface area contributed by atoms with E-state index in [1.807, 2.05) is 0 Å². The van der Waals surface area contributed by atoms with E-state index in [1.54, 1.807) is 13.0 Å². The minimum Gasteiger partial charge on any atom is -0.462 e. The fourth-order valence-corrected chi connectivity index (χ4v) is 3.39. The van der Waals surface area contributed by atoms with Crippen molar-refractivity contribution in [3.8, 4) is 0 Å². The lowest BCUT2D eigenvalue weighted by atomic mass is 10.0. The minimum absolute atomic E-state index is 0.273. The summed E-state index contributed by atoms with van der Waals surface area (Å²) in [4.78, 5) is 14.2. The highest BCUT2D eigenvalue weighted by Gasteiger charge is 2.38. The number of anilines is 1. The van der Waals surface area contributed by atoms with Gasteiger partial charge >= 0.3 is 5.97 Å². The van der Waals surface area contributed by atoms with Crippen molar-refractivity contribution in [3.63, 3.8) is 0 Å². The molecule has 2 unspecified atom stereocenters. The van der Waals surface area contributed by atoms with E-state index >= 15 is 0 Å². The number of ether oxygens (including phenoxy) is 2. The van der Waals surface area contributed by atoms with Crippen molar-refractivity contribution >= 4 is 27.6 Å². The monoisotopic (exact) mass is 357 g/mol. The number of hydrogen-bond acceptors (Lipinski definition) is 4. The number of hydrogen-bond donors (Lipinski definition) is 0. The first-order valence-electron chi connectivity index (χ1n) is 7.09. The molecule has 2 saturated heterocycles. The maximum atomic E-state index is 13.8. The molecule has 2 fully saturated rings. The van der Waals surface area contributed by atoms with Crippen LogP contribution in [0.1, 0.15) is 17.3 Å². The van der Waals surface area contributed by atoms with E-state index in [2.05, 4.69) is 20.8 Å². The molecule has 1 aromatic rings. The van der Waals surface area contributed by atoms with Crippen molar-refractivity contribution in [2.24, 2.45) is 11.8 Å². The Labute approximate surface area is 131 Å². The number of nitrogens with zero attached hydrogens (tertiary/aromatic N) is 1. The van der Waals surface area contributed by atoms with Crippen molar-refractivity contribution in [2.75, 3.05) is 37.8 Å². The number of carbonyl (C=O) groups excluding carboxylic acids is 1. The van der Waals surface area contributed by atoms with Gasteiger partial charge in [0.2, 0.25) is 0 Å². The number of fused-ring (bicyclic) bond motifs is 1. The number of carbonyl (C=O) groups is 1. The van der Waals surface area contributed by atoms with Crippen LogP contribution in [0.15, 0.2) is 16.6 Å². The van der Waals surface area contributed by atoms with Gasteiger partial charge in [-0.05, 0) is 35.0 Å². The molecule has 6 heteroatoms. The van der Waals surface area contributed by atoms with Crippen molar-refractivity contribution in [1.82, 2.24) is 0 Å². The molecule has 2 aliphatic heterocycles. The summed E-state index contributed by atoms with van der Waals surface area (Å²) in [5.74, 6) is 0.0458. The molecule has 0 spiro atoms. The average Bonchev–Trinajstić information content (AvgIpc) is 3.02. The Kier molecular flexibility index (Phi) is 4.17. The summed E-state index contributed by atoms with van der Waals surface area (Å²) in [7, 11) is 0. The maximum Gasteiger partial charge on any atom is 0.340 e. The lowest BCUT2D eigenvalue weighted by Gasteiger charge is -2.22. The first-order valence-corrected chi connectivity index (χ1v) is 7.88. The Balaban J connectivity index is 1.93. The number of rotatable bonds is 3. The molecular weight excluding hydrogens is 341 g/mol. The second kappa shape index (κ2) is 5.93. The van der Waals surface area contributed by atoms with Crippen LogP contribution in [0.3, 0.4) is 0 Å². The van der Waals surface area contributed by atoms with Crippen LogP contribution < -0.4 is 4.90 Å². The normalized spacial score (nSPS) is 24.2. The molecule has 114 valence electrons. The van der Waals surface area contributed by atoms with Crippen LogP contribution in [0.4, 0.5) is 10.1 Å².